The molecule has 16 heavy (non-hydrogen) atoms. The lowest BCUT2D eigenvalue weighted by atomic mass is 9.94. The molecule has 0 aliphatic carbocycles. The summed E-state index contributed by atoms with van der Waals surface area (Å²) in [6.07, 6.45) is 2.17. The molecule has 94 valence electrons. The predicted octanol–water partition coefficient (Wildman–Crippen LogP) is 1.17. The molecule has 0 aromatic rings. The zero-order valence-electron chi connectivity index (χ0n) is 10.6. The molecule has 4 nitrogen and oxygen atoms in total. The molecule has 1 heterocycles. The van der Waals surface area contributed by atoms with Gasteiger partial charge in [0, 0.05) is 12.1 Å². The van der Waals surface area contributed by atoms with Crippen LogP contribution in [0.25, 0.3) is 0 Å². The average Bonchev–Trinajstić information content (AvgIpc) is 2.15. The van der Waals surface area contributed by atoms with E-state index in [1.807, 2.05) is 27.7 Å². The number of aliphatic hydroxyl groups is 1. The molecule has 1 fully saturated rings. The molecule has 0 radical (unpaired) electrons. The minimum Gasteiger partial charge on any atom is -0.387 e. The summed E-state index contributed by atoms with van der Waals surface area (Å²) >= 11 is 0. The van der Waals surface area contributed by atoms with Crippen LogP contribution in [0, 0.1) is 0 Å². The molecule has 0 aromatic carbocycles. The van der Waals surface area contributed by atoms with E-state index < -0.39 is 6.61 Å². The average molecular weight is 229 g/mol. The summed E-state index contributed by atoms with van der Waals surface area (Å²) in [6, 6.07) is 0.291. The highest BCUT2D eigenvalue weighted by Crippen LogP contribution is 2.25. The highest BCUT2D eigenvalue weighted by Gasteiger charge is 2.34. The van der Waals surface area contributed by atoms with Gasteiger partial charge in [0.25, 0.3) is 0 Å². The van der Waals surface area contributed by atoms with E-state index >= 15 is 0 Å². The van der Waals surface area contributed by atoms with Gasteiger partial charge in [-0.25, -0.2) is 0 Å². The monoisotopic (exact) mass is 229 g/mol. The molecule has 0 spiro atoms. The Balaban J connectivity index is 2.60. The second-order valence-electron chi connectivity index (χ2n) is 4.94. The van der Waals surface area contributed by atoms with E-state index in [0.29, 0.717) is 0 Å². The number of ether oxygens (including phenoxy) is 1. The topological polar surface area (TPSA) is 49.8 Å². The Labute approximate surface area is 97.6 Å². The number of nitrogens with zero attached hydrogens (tertiary/aromatic N) is 1. The first kappa shape index (κ1) is 13.5. The van der Waals surface area contributed by atoms with E-state index in [0.717, 1.165) is 12.8 Å². The molecule has 2 unspecified atom stereocenters. The van der Waals surface area contributed by atoms with Crippen molar-refractivity contribution in [1.29, 1.82) is 0 Å². The lowest BCUT2D eigenvalue weighted by molar-refractivity contribution is -0.145. The highest BCUT2D eigenvalue weighted by atomic mass is 16.5. The van der Waals surface area contributed by atoms with Crippen LogP contribution in [0.15, 0.2) is 0 Å². The predicted molar refractivity (Wildman–Crippen MR) is 62.1 cm³/mol. The summed E-state index contributed by atoms with van der Waals surface area (Å²) in [6.45, 7) is 7.69. The van der Waals surface area contributed by atoms with Crippen LogP contribution in [0.1, 0.15) is 40.5 Å². The van der Waals surface area contributed by atoms with Crippen LogP contribution in [0.2, 0.25) is 0 Å². The van der Waals surface area contributed by atoms with Crippen molar-refractivity contribution in [3.63, 3.8) is 0 Å². The smallest absolute Gasteiger partial charge is 0.248 e. The van der Waals surface area contributed by atoms with E-state index in [1.54, 1.807) is 4.90 Å². The van der Waals surface area contributed by atoms with Crippen LogP contribution < -0.4 is 0 Å². The summed E-state index contributed by atoms with van der Waals surface area (Å²) in [4.78, 5) is 13.3. The molecule has 1 aliphatic heterocycles. The fraction of sp³-hybridized carbons (Fsp3) is 0.917. The molecule has 0 saturated carbocycles. The van der Waals surface area contributed by atoms with Crippen LogP contribution in [0.3, 0.4) is 0 Å². The number of hydrogen-bond donors (Lipinski definition) is 1. The molecule has 1 amide bonds. The number of likely N-dealkylation sites (tertiary alicyclic amines) is 1. The molecule has 0 bridgehead atoms. The normalized spacial score (nSPS) is 30.9. The minimum atomic E-state index is -0.398. The number of carbonyl (C=O) groups excluding carboxylic acids is 1. The number of amides is 1. The van der Waals surface area contributed by atoms with Gasteiger partial charge in [0.05, 0.1) is 12.2 Å². The number of rotatable bonds is 3. The maximum atomic E-state index is 11.6. The number of piperidine rings is 1. The Kier molecular flexibility index (Phi) is 4.74. The number of carbonyl (C=O) groups is 1. The third-order valence-corrected chi connectivity index (χ3v) is 3.05. The van der Waals surface area contributed by atoms with Crippen molar-refractivity contribution >= 4 is 5.91 Å². The zero-order valence-corrected chi connectivity index (χ0v) is 10.6. The summed E-state index contributed by atoms with van der Waals surface area (Å²) in [5.74, 6) is -0.178. The first-order valence-corrected chi connectivity index (χ1v) is 6.03. The Morgan fingerprint density at radius 2 is 1.88 bits per heavy atom. The third kappa shape index (κ3) is 3.19. The standard InChI is InChI=1S/C12H23NO3/c1-8(2)16-11-5-9(3)13(10(4)6-11)12(15)7-14/h8-11,14H,5-7H2,1-4H3. The Morgan fingerprint density at radius 3 is 2.25 bits per heavy atom. The number of aliphatic hydroxyl groups excluding tert-OH is 1. The van der Waals surface area contributed by atoms with Crippen molar-refractivity contribution in [2.24, 2.45) is 0 Å². The van der Waals surface area contributed by atoms with Gasteiger partial charge < -0.3 is 14.7 Å². The second kappa shape index (κ2) is 5.64. The molecule has 1 rings (SSSR count). The second-order valence-corrected chi connectivity index (χ2v) is 4.94. The van der Waals surface area contributed by atoms with Gasteiger partial charge in [-0.05, 0) is 40.5 Å². The van der Waals surface area contributed by atoms with Gasteiger partial charge in [0.15, 0.2) is 0 Å². The van der Waals surface area contributed by atoms with Crippen LogP contribution in [0.4, 0.5) is 0 Å². The molecular formula is C12H23NO3. The summed E-state index contributed by atoms with van der Waals surface area (Å²) in [5, 5.41) is 8.91. The van der Waals surface area contributed by atoms with Gasteiger partial charge in [0.1, 0.15) is 6.61 Å². The lowest BCUT2D eigenvalue weighted by Crippen LogP contribution is -2.52. The summed E-state index contributed by atoms with van der Waals surface area (Å²) < 4.78 is 5.79. The summed E-state index contributed by atoms with van der Waals surface area (Å²) in [5.41, 5.74) is 0. The van der Waals surface area contributed by atoms with E-state index in [9.17, 15) is 4.79 Å². The van der Waals surface area contributed by atoms with Gasteiger partial charge in [-0.3, -0.25) is 4.79 Å². The van der Waals surface area contributed by atoms with Gasteiger partial charge in [-0.15, -0.1) is 0 Å². The quantitative estimate of drug-likeness (QED) is 0.790. The van der Waals surface area contributed by atoms with E-state index in [1.165, 1.54) is 0 Å². The Morgan fingerprint density at radius 1 is 1.38 bits per heavy atom. The molecule has 0 aromatic heterocycles. The van der Waals surface area contributed by atoms with Crippen molar-refractivity contribution in [3.05, 3.63) is 0 Å². The Bertz CT molecular complexity index is 230. The van der Waals surface area contributed by atoms with Crippen molar-refractivity contribution in [2.75, 3.05) is 6.61 Å². The zero-order chi connectivity index (χ0) is 12.3. The fourth-order valence-corrected chi connectivity index (χ4v) is 2.59. The first-order valence-electron chi connectivity index (χ1n) is 6.03. The molecule has 1 aliphatic rings. The molecule has 1 saturated heterocycles. The van der Waals surface area contributed by atoms with Crippen molar-refractivity contribution in [2.45, 2.75) is 64.8 Å². The third-order valence-electron chi connectivity index (χ3n) is 3.05. The van der Waals surface area contributed by atoms with Gasteiger partial charge in [-0.1, -0.05) is 0 Å². The maximum Gasteiger partial charge on any atom is 0.248 e. The minimum absolute atomic E-state index is 0.146. The molecular weight excluding hydrogens is 206 g/mol. The highest BCUT2D eigenvalue weighted by molar-refractivity contribution is 5.78. The van der Waals surface area contributed by atoms with Crippen LogP contribution in [-0.2, 0) is 9.53 Å². The van der Waals surface area contributed by atoms with Crippen LogP contribution in [0.5, 0.6) is 0 Å². The molecule has 1 N–H and O–H groups in total. The van der Waals surface area contributed by atoms with Crippen LogP contribution >= 0.6 is 0 Å². The lowest BCUT2D eigenvalue weighted by Gasteiger charge is -2.42. The number of hydrogen-bond acceptors (Lipinski definition) is 3. The van der Waals surface area contributed by atoms with E-state index in [4.69, 9.17) is 9.84 Å². The van der Waals surface area contributed by atoms with Gasteiger partial charge in [-0.2, -0.15) is 0 Å². The summed E-state index contributed by atoms with van der Waals surface area (Å²) in [7, 11) is 0. The van der Waals surface area contributed by atoms with Crippen LogP contribution in [-0.4, -0.2) is 46.8 Å². The maximum absolute atomic E-state index is 11.6. The van der Waals surface area contributed by atoms with E-state index in [2.05, 4.69) is 0 Å². The van der Waals surface area contributed by atoms with E-state index in [-0.39, 0.29) is 30.2 Å². The van der Waals surface area contributed by atoms with Crippen molar-refractivity contribution < 1.29 is 14.6 Å². The molecule has 4 heteroatoms. The fourth-order valence-electron chi connectivity index (χ4n) is 2.59. The molecule has 2 atom stereocenters. The van der Waals surface area contributed by atoms with Crippen molar-refractivity contribution in [1.82, 2.24) is 4.90 Å². The van der Waals surface area contributed by atoms with Gasteiger partial charge >= 0.3 is 0 Å². The van der Waals surface area contributed by atoms with Crippen molar-refractivity contribution in [3.8, 4) is 0 Å². The SMILES string of the molecule is CC(C)OC1CC(C)N(C(=O)CO)C(C)C1. The van der Waals surface area contributed by atoms with Gasteiger partial charge in [0.2, 0.25) is 5.91 Å². The largest absolute Gasteiger partial charge is 0.387 e. The first-order chi connectivity index (χ1) is 7.45. The Hall–Kier alpha value is -0.610.